The van der Waals surface area contributed by atoms with Gasteiger partial charge in [0, 0.05) is 38.3 Å². The number of amides is 2. The molecule has 1 N–H and O–H groups in total. The molecule has 31 heavy (non-hydrogen) atoms. The summed E-state index contributed by atoms with van der Waals surface area (Å²) in [6, 6.07) is 19.2. The molecule has 0 aliphatic carbocycles. The predicted octanol–water partition coefficient (Wildman–Crippen LogP) is 3.38. The van der Waals surface area contributed by atoms with E-state index in [2.05, 4.69) is 10.2 Å². The minimum absolute atomic E-state index is 0.0166. The highest BCUT2D eigenvalue weighted by Gasteiger charge is 2.30. The van der Waals surface area contributed by atoms with Crippen molar-refractivity contribution in [2.24, 2.45) is 0 Å². The first-order valence-electron chi connectivity index (χ1n) is 10.7. The Morgan fingerprint density at radius 1 is 0.935 bits per heavy atom. The normalized spacial score (nSPS) is 16.5. The lowest BCUT2D eigenvalue weighted by atomic mass is 10.0. The highest BCUT2D eigenvalue weighted by Crippen LogP contribution is 2.30. The lowest BCUT2D eigenvalue weighted by molar-refractivity contribution is 0.0328. The number of carbonyl (C=O) groups is 2. The molecule has 0 atom stereocenters. The Balaban J connectivity index is 1.34. The average molecular weight is 415 g/mol. The van der Waals surface area contributed by atoms with E-state index >= 15 is 0 Å². The maximum Gasteiger partial charge on any atom is 0.256 e. The Hall–Kier alpha value is -3.22. The molecular formula is C25H25N3O3. The number of ether oxygens (including phenoxy) is 1. The number of nitrogens with zero attached hydrogens (tertiary/aromatic N) is 2. The maximum atomic E-state index is 13.2. The molecule has 158 valence electrons. The van der Waals surface area contributed by atoms with Gasteiger partial charge in [0.2, 0.25) is 0 Å². The van der Waals surface area contributed by atoms with Gasteiger partial charge in [0.15, 0.2) is 0 Å². The second-order valence-electron chi connectivity index (χ2n) is 8.00. The van der Waals surface area contributed by atoms with Crippen molar-refractivity contribution in [1.82, 2.24) is 9.80 Å². The van der Waals surface area contributed by atoms with Gasteiger partial charge in [-0.15, -0.1) is 0 Å². The Bertz CT molecular complexity index is 1130. The summed E-state index contributed by atoms with van der Waals surface area (Å²) in [5.41, 5.74) is 2.75. The molecule has 3 aromatic rings. The first-order valence-corrected chi connectivity index (χ1v) is 10.7. The SMILES string of the molecule is O=C(Nc1cccc2c1C(=O)N(CCN1CCOCC1)C2)c1cccc2ccccc12. The standard InChI is InChI=1S/C25H25N3O3/c29-24(21-9-3-6-18-5-1-2-8-20(18)21)26-22-10-4-7-19-17-28(25(30)23(19)22)12-11-27-13-15-31-16-14-27/h1-10H,11-17H2,(H,26,29). The third-order valence-electron chi connectivity index (χ3n) is 6.09. The zero-order valence-corrected chi connectivity index (χ0v) is 17.3. The molecule has 3 aromatic carbocycles. The van der Waals surface area contributed by atoms with Crippen molar-refractivity contribution in [2.75, 3.05) is 44.7 Å². The molecule has 1 saturated heterocycles. The van der Waals surface area contributed by atoms with E-state index in [1.807, 2.05) is 65.6 Å². The van der Waals surface area contributed by atoms with Crippen LogP contribution in [0.2, 0.25) is 0 Å². The predicted molar refractivity (Wildman–Crippen MR) is 120 cm³/mol. The Kier molecular flexibility index (Phi) is 5.40. The molecular weight excluding hydrogens is 390 g/mol. The fourth-order valence-corrected chi connectivity index (χ4v) is 4.40. The average Bonchev–Trinajstić information content (AvgIpc) is 3.14. The number of nitrogens with one attached hydrogen (secondary N) is 1. The van der Waals surface area contributed by atoms with Gasteiger partial charge >= 0.3 is 0 Å². The summed E-state index contributed by atoms with van der Waals surface area (Å²) in [5.74, 6) is -0.221. The van der Waals surface area contributed by atoms with E-state index in [9.17, 15) is 9.59 Å². The van der Waals surface area contributed by atoms with Crippen LogP contribution in [0.5, 0.6) is 0 Å². The minimum Gasteiger partial charge on any atom is -0.379 e. The Labute approximate surface area is 181 Å². The lowest BCUT2D eigenvalue weighted by Gasteiger charge is -2.28. The molecule has 2 heterocycles. The zero-order chi connectivity index (χ0) is 21.2. The molecule has 6 nitrogen and oxygen atoms in total. The van der Waals surface area contributed by atoms with E-state index in [0.717, 1.165) is 49.2 Å². The van der Waals surface area contributed by atoms with E-state index in [0.29, 0.717) is 29.9 Å². The summed E-state index contributed by atoms with van der Waals surface area (Å²) in [4.78, 5) is 30.4. The van der Waals surface area contributed by atoms with Gasteiger partial charge in [0.25, 0.3) is 11.8 Å². The van der Waals surface area contributed by atoms with Crippen molar-refractivity contribution in [3.63, 3.8) is 0 Å². The second kappa shape index (κ2) is 8.49. The van der Waals surface area contributed by atoms with E-state index < -0.39 is 0 Å². The van der Waals surface area contributed by atoms with Crippen LogP contribution in [0.1, 0.15) is 26.3 Å². The quantitative estimate of drug-likeness (QED) is 0.694. The van der Waals surface area contributed by atoms with E-state index in [1.165, 1.54) is 0 Å². The molecule has 0 radical (unpaired) electrons. The Morgan fingerprint density at radius 2 is 1.71 bits per heavy atom. The molecule has 2 aliphatic heterocycles. The van der Waals surface area contributed by atoms with Crippen LogP contribution in [0.3, 0.4) is 0 Å². The van der Waals surface area contributed by atoms with Crippen molar-refractivity contribution in [3.8, 4) is 0 Å². The number of benzene rings is 3. The van der Waals surface area contributed by atoms with Gasteiger partial charge < -0.3 is 15.0 Å². The third-order valence-corrected chi connectivity index (χ3v) is 6.09. The number of rotatable bonds is 5. The maximum absolute atomic E-state index is 13.2. The van der Waals surface area contributed by atoms with Crippen molar-refractivity contribution in [3.05, 3.63) is 77.4 Å². The first kappa shape index (κ1) is 19.7. The highest BCUT2D eigenvalue weighted by atomic mass is 16.5. The minimum atomic E-state index is -0.204. The summed E-state index contributed by atoms with van der Waals surface area (Å²) in [6.45, 7) is 5.39. The third kappa shape index (κ3) is 3.92. The van der Waals surface area contributed by atoms with Gasteiger partial charge in [0.1, 0.15) is 0 Å². The fraction of sp³-hybridized carbons (Fsp3) is 0.280. The van der Waals surface area contributed by atoms with Crippen LogP contribution in [0.4, 0.5) is 5.69 Å². The molecule has 6 heteroatoms. The van der Waals surface area contributed by atoms with Crippen LogP contribution in [0.15, 0.2) is 60.7 Å². The summed E-state index contributed by atoms with van der Waals surface area (Å²) < 4.78 is 5.40. The van der Waals surface area contributed by atoms with Crippen LogP contribution in [0.25, 0.3) is 10.8 Å². The van der Waals surface area contributed by atoms with Gasteiger partial charge in [-0.25, -0.2) is 0 Å². The van der Waals surface area contributed by atoms with Gasteiger partial charge in [-0.05, 0) is 28.5 Å². The molecule has 0 unspecified atom stereocenters. The van der Waals surface area contributed by atoms with E-state index in [-0.39, 0.29) is 11.8 Å². The number of morpholine rings is 1. The van der Waals surface area contributed by atoms with Crippen molar-refractivity contribution in [2.45, 2.75) is 6.54 Å². The van der Waals surface area contributed by atoms with Crippen molar-refractivity contribution in [1.29, 1.82) is 0 Å². The highest BCUT2D eigenvalue weighted by molar-refractivity contribution is 6.15. The van der Waals surface area contributed by atoms with Crippen LogP contribution in [-0.4, -0.2) is 61.0 Å². The molecule has 1 fully saturated rings. The molecule has 0 saturated carbocycles. The zero-order valence-electron chi connectivity index (χ0n) is 17.3. The van der Waals surface area contributed by atoms with Crippen LogP contribution < -0.4 is 5.32 Å². The molecule has 5 rings (SSSR count). The van der Waals surface area contributed by atoms with Crippen LogP contribution >= 0.6 is 0 Å². The molecule has 2 aliphatic rings. The summed E-state index contributed by atoms with van der Waals surface area (Å²) in [5, 5.41) is 4.90. The Morgan fingerprint density at radius 3 is 2.58 bits per heavy atom. The van der Waals surface area contributed by atoms with Crippen LogP contribution in [-0.2, 0) is 11.3 Å². The van der Waals surface area contributed by atoms with Gasteiger partial charge in [-0.2, -0.15) is 0 Å². The lowest BCUT2D eigenvalue weighted by Crippen LogP contribution is -2.41. The second-order valence-corrected chi connectivity index (χ2v) is 8.00. The molecule has 0 spiro atoms. The molecule has 0 bridgehead atoms. The molecule has 2 amide bonds. The number of carbonyl (C=O) groups excluding carboxylic acids is 2. The number of anilines is 1. The summed E-state index contributed by atoms with van der Waals surface area (Å²) in [6.07, 6.45) is 0. The number of hydrogen-bond acceptors (Lipinski definition) is 4. The molecule has 0 aromatic heterocycles. The van der Waals surface area contributed by atoms with Gasteiger partial charge in [0.05, 0.1) is 24.5 Å². The first-order chi connectivity index (χ1) is 15.2. The summed E-state index contributed by atoms with van der Waals surface area (Å²) >= 11 is 0. The van der Waals surface area contributed by atoms with E-state index in [4.69, 9.17) is 4.74 Å². The number of hydrogen-bond donors (Lipinski definition) is 1. The smallest absolute Gasteiger partial charge is 0.256 e. The number of fused-ring (bicyclic) bond motifs is 2. The monoisotopic (exact) mass is 415 g/mol. The largest absolute Gasteiger partial charge is 0.379 e. The summed E-state index contributed by atoms with van der Waals surface area (Å²) in [7, 11) is 0. The van der Waals surface area contributed by atoms with Crippen molar-refractivity contribution >= 4 is 28.3 Å². The topological polar surface area (TPSA) is 61.9 Å². The van der Waals surface area contributed by atoms with E-state index in [1.54, 1.807) is 0 Å². The van der Waals surface area contributed by atoms with Crippen molar-refractivity contribution < 1.29 is 14.3 Å². The van der Waals surface area contributed by atoms with Crippen LogP contribution in [0, 0.1) is 0 Å². The fourth-order valence-electron chi connectivity index (χ4n) is 4.40. The van der Waals surface area contributed by atoms with Gasteiger partial charge in [-0.1, -0.05) is 48.5 Å². The van der Waals surface area contributed by atoms with Gasteiger partial charge in [-0.3, -0.25) is 14.5 Å².